The zero-order valence-corrected chi connectivity index (χ0v) is 18.2. The van der Waals surface area contributed by atoms with Gasteiger partial charge < -0.3 is 19.5 Å². The smallest absolute Gasteiger partial charge is 0.457 e. The van der Waals surface area contributed by atoms with Crippen molar-refractivity contribution < 1.29 is 26.9 Å². The average Bonchev–Trinajstić information content (AvgIpc) is 3.35. The first-order chi connectivity index (χ1) is 15.1. The number of aryl methyl sites for hydroxylation is 1. The maximum atomic E-state index is 12.6. The summed E-state index contributed by atoms with van der Waals surface area (Å²) in [4.78, 5) is 22.7. The number of esters is 1. The summed E-state index contributed by atoms with van der Waals surface area (Å²) in [5.41, 5.74) is 0.637. The molecule has 14 heteroatoms. The van der Waals surface area contributed by atoms with Gasteiger partial charge in [-0.1, -0.05) is 13.8 Å². The summed E-state index contributed by atoms with van der Waals surface area (Å²) in [6, 6.07) is -0.671. The average molecular weight is 473 g/mol. The number of alkyl halides is 3. The second-order valence-corrected chi connectivity index (χ2v) is 9.41. The van der Waals surface area contributed by atoms with Gasteiger partial charge in [-0.05, 0) is 5.92 Å². The maximum Gasteiger partial charge on any atom is 0.490 e. The van der Waals surface area contributed by atoms with E-state index in [1.165, 1.54) is 0 Å². The molecule has 174 valence electrons. The van der Waals surface area contributed by atoms with Crippen molar-refractivity contribution in [1.82, 2.24) is 24.7 Å². The first-order valence-electron chi connectivity index (χ1n) is 10.0. The number of fused-ring (bicyclic) bond motifs is 2. The van der Waals surface area contributed by atoms with Gasteiger partial charge in [-0.3, -0.25) is 4.21 Å². The summed E-state index contributed by atoms with van der Waals surface area (Å²) >= 11 is 0. The third kappa shape index (κ3) is 4.54. The van der Waals surface area contributed by atoms with Crippen molar-refractivity contribution in [3.63, 3.8) is 0 Å². The van der Waals surface area contributed by atoms with Crippen molar-refractivity contribution in [2.75, 3.05) is 29.1 Å². The van der Waals surface area contributed by atoms with Crippen LogP contribution in [0.15, 0.2) is 11.2 Å². The van der Waals surface area contributed by atoms with E-state index in [9.17, 15) is 22.2 Å². The number of carbonyl (C=O) groups excluding carboxylic acids is 1. The molecule has 0 radical (unpaired) electrons. The Morgan fingerprint density at radius 2 is 2.09 bits per heavy atom. The van der Waals surface area contributed by atoms with E-state index >= 15 is 0 Å². The highest BCUT2D eigenvalue weighted by atomic mass is 32.2. The van der Waals surface area contributed by atoms with Crippen LogP contribution < -0.4 is 10.2 Å². The molecule has 2 aliphatic rings. The summed E-state index contributed by atoms with van der Waals surface area (Å²) in [5.74, 6) is -0.597. The van der Waals surface area contributed by atoms with Crippen molar-refractivity contribution >= 4 is 28.5 Å². The fourth-order valence-corrected chi connectivity index (χ4v) is 4.80. The van der Waals surface area contributed by atoms with E-state index in [1.54, 1.807) is 20.2 Å². The van der Waals surface area contributed by atoms with E-state index in [2.05, 4.69) is 30.2 Å². The van der Waals surface area contributed by atoms with Crippen molar-refractivity contribution in [3.8, 4) is 0 Å². The van der Waals surface area contributed by atoms with E-state index in [0.29, 0.717) is 48.3 Å². The van der Waals surface area contributed by atoms with E-state index in [1.807, 2.05) is 9.47 Å². The van der Waals surface area contributed by atoms with Gasteiger partial charge >= 0.3 is 12.1 Å². The van der Waals surface area contributed by atoms with E-state index in [0.717, 1.165) is 5.82 Å². The summed E-state index contributed by atoms with van der Waals surface area (Å²) in [6.45, 7) is 4.75. The van der Waals surface area contributed by atoms with Crippen LogP contribution in [0.5, 0.6) is 0 Å². The van der Waals surface area contributed by atoms with E-state index < -0.39 is 35.6 Å². The van der Waals surface area contributed by atoms with Gasteiger partial charge in [0, 0.05) is 25.3 Å². The van der Waals surface area contributed by atoms with Crippen molar-refractivity contribution in [3.05, 3.63) is 17.8 Å². The fraction of sp³-hybridized carbons (Fsp3) is 0.611. The molecule has 2 aromatic heterocycles. The first kappa shape index (κ1) is 22.4. The number of carbonyl (C=O) groups is 1. The molecule has 0 spiro atoms. The second kappa shape index (κ2) is 8.64. The number of halogens is 3. The lowest BCUT2D eigenvalue weighted by molar-refractivity contribution is -0.200. The Hall–Kier alpha value is -2.77. The molecule has 4 heterocycles. The highest BCUT2D eigenvalue weighted by molar-refractivity contribution is 7.85. The van der Waals surface area contributed by atoms with Crippen LogP contribution in [0.3, 0.4) is 0 Å². The summed E-state index contributed by atoms with van der Waals surface area (Å²) in [7, 11) is -1.33. The molecule has 2 aliphatic heterocycles. The number of ether oxygens (including phenoxy) is 1. The van der Waals surface area contributed by atoms with Crippen LogP contribution in [0.2, 0.25) is 0 Å². The molecule has 0 aromatic carbocycles. The monoisotopic (exact) mass is 473 g/mol. The molecule has 0 saturated carbocycles. The Kier molecular flexibility index (Phi) is 6.05. The van der Waals surface area contributed by atoms with Crippen LogP contribution in [0.25, 0.3) is 0 Å². The summed E-state index contributed by atoms with van der Waals surface area (Å²) < 4.78 is 56.5. The Labute approximate surface area is 184 Å². The number of hydrogen-bond acceptors (Lipinski definition) is 9. The van der Waals surface area contributed by atoms with Crippen molar-refractivity contribution in [2.24, 2.45) is 5.92 Å². The van der Waals surface area contributed by atoms with Gasteiger partial charge in [0.2, 0.25) is 5.95 Å². The molecule has 0 bridgehead atoms. The topological polar surface area (TPSA) is 115 Å². The van der Waals surface area contributed by atoms with Gasteiger partial charge in [0.05, 0.1) is 29.1 Å². The van der Waals surface area contributed by atoms with E-state index in [-0.39, 0.29) is 11.7 Å². The van der Waals surface area contributed by atoms with Crippen molar-refractivity contribution in [2.45, 2.75) is 50.5 Å². The van der Waals surface area contributed by atoms with E-state index in [4.69, 9.17) is 0 Å². The largest absolute Gasteiger partial charge is 0.490 e. The number of anilines is 2. The fourth-order valence-electron chi connectivity index (χ4n) is 3.48. The van der Waals surface area contributed by atoms with Gasteiger partial charge in [0.25, 0.3) is 0 Å². The van der Waals surface area contributed by atoms with Crippen molar-refractivity contribution in [1.29, 1.82) is 0 Å². The maximum absolute atomic E-state index is 12.6. The Bertz CT molecular complexity index is 1040. The second-order valence-electron chi connectivity index (χ2n) is 7.90. The molecule has 0 saturated heterocycles. The molecular weight excluding hydrogens is 451 g/mol. The number of hydrogen-bond donors (Lipinski definition) is 1. The number of aromatic nitrogens is 5. The molecule has 0 aliphatic carbocycles. The summed E-state index contributed by atoms with van der Waals surface area (Å²) in [6.07, 6.45) is -2.91. The van der Waals surface area contributed by atoms with Crippen LogP contribution >= 0.6 is 0 Å². The van der Waals surface area contributed by atoms with Crippen LogP contribution in [-0.2, 0) is 39.8 Å². The zero-order chi connectivity index (χ0) is 23.0. The third-order valence-electron chi connectivity index (χ3n) is 5.35. The van der Waals surface area contributed by atoms with Crippen LogP contribution in [0, 0.1) is 5.92 Å². The van der Waals surface area contributed by atoms with Gasteiger partial charge in [-0.2, -0.15) is 18.2 Å². The minimum atomic E-state index is -5.07. The van der Waals surface area contributed by atoms with Gasteiger partial charge in [0.15, 0.2) is 5.82 Å². The van der Waals surface area contributed by atoms with Gasteiger partial charge in [0.1, 0.15) is 23.6 Å². The SMILES string of the molecule is CC(C)C(COC(=O)C(F)(F)F)Nc1nc(N2CCn3cnnc3C2)nc2c1[S@](=O)CC2. The predicted octanol–water partition coefficient (Wildman–Crippen LogP) is 1.29. The highest BCUT2D eigenvalue weighted by Gasteiger charge is 2.41. The van der Waals surface area contributed by atoms with Crippen LogP contribution in [0.4, 0.5) is 24.9 Å². The quantitative estimate of drug-likeness (QED) is 0.620. The molecule has 0 fully saturated rings. The lowest BCUT2D eigenvalue weighted by Crippen LogP contribution is -2.37. The molecule has 2 aromatic rings. The molecule has 2 atom stereocenters. The van der Waals surface area contributed by atoms with Gasteiger partial charge in [-0.15, -0.1) is 10.2 Å². The summed E-state index contributed by atoms with van der Waals surface area (Å²) in [5, 5.41) is 11.0. The third-order valence-corrected chi connectivity index (χ3v) is 6.81. The lowest BCUT2D eigenvalue weighted by atomic mass is 10.1. The predicted molar refractivity (Wildman–Crippen MR) is 107 cm³/mol. The standard InChI is InChI=1S/C18H22F3N7O3S/c1-10(2)12(8-31-16(29)18(19,20)21)23-15-14-11(3-6-32(14)30)24-17(25-15)27-4-5-28-9-22-26-13(28)7-27/h9-10,12H,3-8H2,1-2H3,(H,23,24,25)/t12?,32-/m1/s1. The number of nitrogens with one attached hydrogen (secondary N) is 1. The molecule has 10 nitrogen and oxygen atoms in total. The lowest BCUT2D eigenvalue weighted by Gasteiger charge is -2.29. The number of rotatable bonds is 6. The molecule has 32 heavy (non-hydrogen) atoms. The molecular formula is C18H22F3N7O3S. The molecule has 1 unspecified atom stereocenters. The Balaban J connectivity index is 1.59. The first-order valence-corrected chi connectivity index (χ1v) is 11.4. The molecule has 0 amide bonds. The molecule has 4 rings (SSSR count). The highest BCUT2D eigenvalue weighted by Crippen LogP contribution is 2.31. The Morgan fingerprint density at radius 3 is 2.81 bits per heavy atom. The van der Waals surface area contributed by atoms with Crippen LogP contribution in [0.1, 0.15) is 25.4 Å². The Morgan fingerprint density at radius 1 is 1.31 bits per heavy atom. The normalized spacial score (nSPS) is 18.9. The van der Waals surface area contributed by atoms with Crippen LogP contribution in [-0.4, -0.2) is 66.0 Å². The minimum Gasteiger partial charge on any atom is -0.457 e. The zero-order valence-electron chi connectivity index (χ0n) is 17.4. The minimum absolute atomic E-state index is 0.200. The number of nitrogens with zero attached hydrogens (tertiary/aromatic N) is 6. The molecule has 1 N–H and O–H groups in total. The van der Waals surface area contributed by atoms with Gasteiger partial charge in [-0.25, -0.2) is 9.78 Å².